The smallest absolute Gasteiger partial charge is 0.317 e. The van der Waals surface area contributed by atoms with E-state index < -0.39 is 15.4 Å². The zero-order valence-electron chi connectivity index (χ0n) is 15.9. The van der Waals surface area contributed by atoms with Gasteiger partial charge in [-0.2, -0.15) is 4.98 Å². The number of sulfonamides is 1. The van der Waals surface area contributed by atoms with Crippen molar-refractivity contribution in [1.82, 2.24) is 25.1 Å². The van der Waals surface area contributed by atoms with Crippen molar-refractivity contribution < 1.29 is 22.5 Å². The molecule has 3 rings (SSSR count). The van der Waals surface area contributed by atoms with Gasteiger partial charge >= 0.3 is 6.03 Å². The van der Waals surface area contributed by atoms with Crippen LogP contribution in [0.15, 0.2) is 4.52 Å². The van der Waals surface area contributed by atoms with Crippen molar-refractivity contribution in [2.24, 2.45) is 5.92 Å². The van der Waals surface area contributed by atoms with E-state index in [1.807, 2.05) is 0 Å². The average Bonchev–Trinajstić information content (AvgIpc) is 3.27. The molecule has 1 aromatic rings. The van der Waals surface area contributed by atoms with Crippen LogP contribution in [0.3, 0.4) is 0 Å². The van der Waals surface area contributed by atoms with Gasteiger partial charge in [-0.05, 0) is 32.6 Å². The molecule has 10 nitrogen and oxygen atoms in total. The zero-order chi connectivity index (χ0) is 19.7. The topological polar surface area (TPSA) is 127 Å². The number of aryl methyl sites for hydroxylation is 1. The molecule has 0 radical (unpaired) electrons. The van der Waals surface area contributed by atoms with Gasteiger partial charge in [0.15, 0.2) is 5.82 Å². The van der Waals surface area contributed by atoms with Crippen LogP contribution in [-0.2, 0) is 20.2 Å². The summed E-state index contributed by atoms with van der Waals surface area (Å²) >= 11 is 0. The molecule has 27 heavy (non-hydrogen) atoms. The van der Waals surface area contributed by atoms with E-state index in [4.69, 9.17) is 9.26 Å². The van der Waals surface area contributed by atoms with Crippen LogP contribution in [0.1, 0.15) is 31.5 Å². The lowest BCUT2D eigenvalue weighted by Gasteiger charge is -2.25. The number of amides is 2. The first kappa shape index (κ1) is 20.0. The van der Waals surface area contributed by atoms with Crippen molar-refractivity contribution in [3.05, 3.63) is 11.7 Å². The van der Waals surface area contributed by atoms with E-state index in [0.717, 1.165) is 0 Å². The number of nitrogens with zero attached hydrogens (tertiary/aromatic N) is 3. The van der Waals surface area contributed by atoms with Gasteiger partial charge in [-0.3, -0.25) is 0 Å². The normalized spacial score (nSPS) is 27.7. The molecule has 0 aromatic carbocycles. The fourth-order valence-corrected chi connectivity index (χ4v) is 5.01. The zero-order valence-corrected chi connectivity index (χ0v) is 16.7. The third-order valence-electron chi connectivity index (χ3n) is 5.42. The minimum absolute atomic E-state index is 0.0366. The van der Waals surface area contributed by atoms with E-state index in [9.17, 15) is 13.2 Å². The van der Waals surface area contributed by atoms with Crippen LogP contribution in [0.25, 0.3) is 0 Å². The predicted octanol–water partition coefficient (Wildman–Crippen LogP) is 0.00532. The molecule has 1 aromatic heterocycles. The second-order valence-corrected chi connectivity index (χ2v) is 9.31. The molecule has 3 atom stereocenters. The highest BCUT2D eigenvalue weighted by Gasteiger charge is 2.58. The summed E-state index contributed by atoms with van der Waals surface area (Å²) in [4.78, 5) is 18.6. The lowest BCUT2D eigenvalue weighted by atomic mass is 9.80. The first-order valence-electron chi connectivity index (χ1n) is 9.12. The Hall–Kier alpha value is -1.72. The van der Waals surface area contributed by atoms with Gasteiger partial charge in [-0.25, -0.2) is 17.9 Å². The summed E-state index contributed by atoms with van der Waals surface area (Å²) in [5, 5.41) is 6.73. The lowest BCUT2D eigenvalue weighted by Crippen LogP contribution is -2.43. The number of nitrogens with one attached hydrogen (secondary N) is 2. The van der Waals surface area contributed by atoms with Gasteiger partial charge in [0.2, 0.25) is 15.9 Å². The van der Waals surface area contributed by atoms with E-state index in [0.29, 0.717) is 50.8 Å². The minimum atomic E-state index is -3.31. The Kier molecular flexibility index (Phi) is 5.73. The number of carbonyl (C=O) groups excluding carboxylic acids is 1. The van der Waals surface area contributed by atoms with E-state index in [2.05, 4.69) is 20.2 Å². The molecule has 2 amide bonds. The number of likely N-dealkylation sites (tertiary alicyclic amines) is 1. The van der Waals surface area contributed by atoms with Crippen LogP contribution in [0.5, 0.6) is 0 Å². The maximum atomic E-state index is 12.5. The Balaban J connectivity index is 1.78. The maximum Gasteiger partial charge on any atom is 0.317 e. The van der Waals surface area contributed by atoms with Crippen molar-refractivity contribution >= 4 is 16.1 Å². The van der Waals surface area contributed by atoms with Crippen LogP contribution in [0, 0.1) is 12.8 Å². The number of ether oxygens (including phenoxy) is 1. The molecule has 2 N–H and O–H groups in total. The van der Waals surface area contributed by atoms with Gasteiger partial charge in [0, 0.05) is 32.8 Å². The van der Waals surface area contributed by atoms with Crippen LogP contribution in [0.4, 0.5) is 4.79 Å². The van der Waals surface area contributed by atoms with E-state index >= 15 is 0 Å². The summed E-state index contributed by atoms with van der Waals surface area (Å²) in [6.45, 7) is 5.17. The number of hydrogen-bond acceptors (Lipinski definition) is 7. The first-order valence-corrected chi connectivity index (χ1v) is 10.8. The second kappa shape index (κ2) is 7.72. The molecule has 1 saturated carbocycles. The standard InChI is InChI=1S/C16H27N5O5S/c1-4-27(23,24)20-13-7-12-9-21(15(22)17-5-6-25-3)10-16(12,8-13)14-18-11(2)19-26-14/h12-13,20H,4-10H2,1-3H3,(H,17,22)/t12?,13-,16+/m1/s1. The molecule has 2 aliphatic rings. The van der Waals surface area contributed by atoms with Gasteiger partial charge in [-0.15, -0.1) is 0 Å². The quantitative estimate of drug-likeness (QED) is 0.616. The number of methoxy groups -OCH3 is 1. The van der Waals surface area contributed by atoms with Crippen molar-refractivity contribution in [3.63, 3.8) is 0 Å². The SMILES string of the molecule is CCS(=O)(=O)N[C@@H]1CC2CN(C(=O)NCCOC)C[C@@]2(c2nc(C)no2)C1. The molecule has 11 heteroatoms. The Morgan fingerprint density at radius 3 is 2.89 bits per heavy atom. The van der Waals surface area contributed by atoms with Crippen LogP contribution in [-0.4, -0.2) is 74.6 Å². The Labute approximate surface area is 159 Å². The molecule has 2 heterocycles. The van der Waals surface area contributed by atoms with E-state index in [1.54, 1.807) is 25.9 Å². The van der Waals surface area contributed by atoms with Gasteiger partial charge in [0.25, 0.3) is 0 Å². The molecule has 1 aliphatic heterocycles. The summed E-state index contributed by atoms with van der Waals surface area (Å²) in [6, 6.07) is -0.367. The fraction of sp³-hybridized carbons (Fsp3) is 0.812. The molecular formula is C16H27N5O5S. The highest BCUT2D eigenvalue weighted by molar-refractivity contribution is 7.89. The Bertz CT molecular complexity index is 782. The summed E-state index contributed by atoms with van der Waals surface area (Å²) in [7, 11) is -1.73. The summed E-state index contributed by atoms with van der Waals surface area (Å²) in [5.74, 6) is 1.10. The molecule has 0 spiro atoms. The van der Waals surface area contributed by atoms with E-state index in [1.165, 1.54) is 0 Å². The third kappa shape index (κ3) is 4.09. The number of aromatic nitrogens is 2. The fourth-order valence-electron chi connectivity index (χ4n) is 4.16. The van der Waals surface area contributed by atoms with Crippen LogP contribution >= 0.6 is 0 Å². The molecule has 0 bridgehead atoms. The number of rotatable bonds is 7. The summed E-state index contributed by atoms with van der Waals surface area (Å²) in [5.41, 5.74) is -0.527. The largest absolute Gasteiger partial charge is 0.383 e. The van der Waals surface area contributed by atoms with E-state index in [-0.39, 0.29) is 23.7 Å². The highest BCUT2D eigenvalue weighted by atomic mass is 32.2. The van der Waals surface area contributed by atoms with Crippen LogP contribution < -0.4 is 10.0 Å². The molecule has 1 saturated heterocycles. The third-order valence-corrected chi connectivity index (χ3v) is 6.88. The summed E-state index contributed by atoms with van der Waals surface area (Å²) < 4.78 is 37.2. The number of carbonyl (C=O) groups is 1. The van der Waals surface area contributed by atoms with Crippen molar-refractivity contribution in [2.45, 2.75) is 38.1 Å². The minimum Gasteiger partial charge on any atom is -0.383 e. The molecule has 1 aliphatic carbocycles. The number of fused-ring (bicyclic) bond motifs is 1. The van der Waals surface area contributed by atoms with Crippen molar-refractivity contribution in [2.75, 3.05) is 39.1 Å². The summed E-state index contributed by atoms with van der Waals surface area (Å²) in [6.07, 6.45) is 1.16. The van der Waals surface area contributed by atoms with Gasteiger partial charge in [-0.1, -0.05) is 5.16 Å². The highest BCUT2D eigenvalue weighted by Crippen LogP contribution is 2.50. The molecular weight excluding hydrogens is 374 g/mol. The van der Waals surface area contributed by atoms with Crippen molar-refractivity contribution in [3.8, 4) is 0 Å². The molecule has 2 fully saturated rings. The Morgan fingerprint density at radius 1 is 1.48 bits per heavy atom. The molecule has 1 unspecified atom stereocenters. The van der Waals surface area contributed by atoms with Crippen molar-refractivity contribution in [1.29, 1.82) is 0 Å². The van der Waals surface area contributed by atoms with Gasteiger partial charge in [0.05, 0.1) is 17.8 Å². The first-order chi connectivity index (χ1) is 12.8. The number of hydrogen-bond donors (Lipinski definition) is 2. The number of urea groups is 1. The monoisotopic (exact) mass is 401 g/mol. The molecule has 152 valence electrons. The predicted molar refractivity (Wildman–Crippen MR) is 96.7 cm³/mol. The van der Waals surface area contributed by atoms with Gasteiger partial charge < -0.3 is 19.5 Å². The van der Waals surface area contributed by atoms with Crippen LogP contribution in [0.2, 0.25) is 0 Å². The second-order valence-electron chi connectivity index (χ2n) is 7.26. The Morgan fingerprint density at radius 2 is 2.26 bits per heavy atom. The average molecular weight is 401 g/mol. The lowest BCUT2D eigenvalue weighted by molar-refractivity contribution is 0.181. The van der Waals surface area contributed by atoms with Gasteiger partial charge in [0.1, 0.15) is 0 Å². The maximum absolute atomic E-state index is 12.5.